The van der Waals surface area contributed by atoms with E-state index >= 15 is 0 Å². The average molecular weight is 267 g/mol. The zero-order valence-corrected chi connectivity index (χ0v) is 12.3. The third-order valence-corrected chi connectivity index (χ3v) is 4.81. The molecule has 1 saturated heterocycles. The highest BCUT2D eigenvalue weighted by Gasteiger charge is 2.64. The maximum atomic E-state index is 12.3. The minimum absolute atomic E-state index is 0.170. The third kappa shape index (κ3) is 1.65. The van der Waals surface area contributed by atoms with Crippen LogP contribution in [0.2, 0.25) is 0 Å². The topological polar surface area (TPSA) is 57.6 Å². The molecule has 0 aromatic carbocycles. The molecule has 1 fully saturated rings. The predicted octanol–water partition coefficient (Wildman–Crippen LogP) is 1.47. The molecule has 2 aliphatic rings. The summed E-state index contributed by atoms with van der Waals surface area (Å²) < 4.78 is -0.201. The van der Waals surface area contributed by atoms with Crippen LogP contribution in [0.3, 0.4) is 0 Å². The molecule has 5 nitrogen and oxygen atoms in total. The van der Waals surface area contributed by atoms with Crippen molar-refractivity contribution in [1.82, 2.24) is 5.06 Å². The Morgan fingerprint density at radius 3 is 2.05 bits per heavy atom. The molecule has 0 bridgehead atoms. The summed E-state index contributed by atoms with van der Waals surface area (Å²) in [5.41, 5.74) is -1.07. The number of quaternary nitrogens is 1. The molecule has 19 heavy (non-hydrogen) atoms. The lowest BCUT2D eigenvalue weighted by Crippen LogP contribution is -2.66. The van der Waals surface area contributed by atoms with Crippen molar-refractivity contribution in [3.8, 4) is 0 Å². The zero-order valence-electron chi connectivity index (χ0n) is 12.3. The van der Waals surface area contributed by atoms with Crippen molar-refractivity contribution in [3.63, 3.8) is 0 Å². The highest BCUT2D eigenvalue weighted by Crippen LogP contribution is 2.45. The summed E-state index contributed by atoms with van der Waals surface area (Å²) in [6.45, 7) is 9.91. The van der Waals surface area contributed by atoms with Gasteiger partial charge in [-0.25, -0.2) is 9.59 Å². The SMILES string of the molecule is CC[N+]1(C2CC(C)(C)N(O)C2(C)C)C(=O)C=CC1=O. The Balaban J connectivity index is 2.52. The van der Waals surface area contributed by atoms with Crippen LogP contribution in [0.25, 0.3) is 0 Å². The molecule has 1 N–H and O–H groups in total. The van der Waals surface area contributed by atoms with E-state index in [1.165, 1.54) is 17.2 Å². The van der Waals surface area contributed by atoms with Crippen LogP contribution in [0.1, 0.15) is 41.0 Å². The number of amides is 2. The molecule has 0 aliphatic carbocycles. The van der Waals surface area contributed by atoms with Gasteiger partial charge in [0.05, 0.1) is 24.2 Å². The van der Waals surface area contributed by atoms with Crippen molar-refractivity contribution in [2.45, 2.75) is 58.2 Å². The van der Waals surface area contributed by atoms with E-state index in [-0.39, 0.29) is 22.3 Å². The van der Waals surface area contributed by atoms with Crippen molar-refractivity contribution in [2.24, 2.45) is 0 Å². The minimum atomic E-state index is -0.628. The first-order valence-electron chi connectivity index (χ1n) is 6.75. The normalized spacial score (nSPS) is 32.2. The zero-order chi connectivity index (χ0) is 14.6. The summed E-state index contributed by atoms with van der Waals surface area (Å²) in [5.74, 6) is -0.339. The molecule has 0 radical (unpaired) electrons. The number of hydroxylamine groups is 2. The van der Waals surface area contributed by atoms with Crippen molar-refractivity contribution >= 4 is 11.8 Å². The molecule has 0 aromatic heterocycles. The van der Waals surface area contributed by atoms with E-state index in [9.17, 15) is 14.8 Å². The fourth-order valence-electron chi connectivity index (χ4n) is 3.78. The second-order valence-electron chi connectivity index (χ2n) is 6.69. The fraction of sp³-hybridized carbons (Fsp3) is 0.714. The van der Waals surface area contributed by atoms with Crippen LogP contribution in [0.15, 0.2) is 12.2 Å². The van der Waals surface area contributed by atoms with Crippen LogP contribution >= 0.6 is 0 Å². The summed E-state index contributed by atoms with van der Waals surface area (Å²) >= 11 is 0. The number of carbonyl (C=O) groups excluding carboxylic acids is 2. The van der Waals surface area contributed by atoms with E-state index in [1.54, 1.807) is 0 Å². The molecule has 2 amide bonds. The molecule has 106 valence electrons. The fourth-order valence-corrected chi connectivity index (χ4v) is 3.78. The molecule has 0 saturated carbocycles. The Bertz CT molecular complexity index is 447. The molecule has 0 aromatic rings. The maximum absolute atomic E-state index is 12.3. The van der Waals surface area contributed by atoms with Crippen molar-refractivity contribution in [3.05, 3.63) is 12.2 Å². The predicted molar refractivity (Wildman–Crippen MR) is 70.1 cm³/mol. The van der Waals surface area contributed by atoms with Crippen LogP contribution in [0.5, 0.6) is 0 Å². The largest absolute Gasteiger partial charge is 0.346 e. The van der Waals surface area contributed by atoms with Gasteiger partial charge in [-0.3, -0.25) is 0 Å². The number of rotatable bonds is 2. The number of hydrogen-bond donors (Lipinski definition) is 1. The highest BCUT2D eigenvalue weighted by atomic mass is 16.5. The summed E-state index contributed by atoms with van der Waals surface area (Å²) in [4.78, 5) is 24.6. The number of likely N-dealkylation sites (N-methyl/N-ethyl adjacent to an activating group) is 1. The summed E-state index contributed by atoms with van der Waals surface area (Å²) in [5, 5.41) is 11.7. The first-order chi connectivity index (χ1) is 8.60. The molecular weight excluding hydrogens is 244 g/mol. The van der Waals surface area contributed by atoms with Gasteiger partial charge in [-0.15, -0.1) is 0 Å². The highest BCUT2D eigenvalue weighted by molar-refractivity contribution is 6.04. The Kier molecular flexibility index (Phi) is 3.01. The standard InChI is InChI=1S/C14H23N2O3/c1-6-16(11(17)7-8-12(16)18)10-9-13(2,3)15(19)14(10,4)5/h7-8,10,19H,6,9H2,1-5H3/q+1. The van der Waals surface area contributed by atoms with Crippen LogP contribution < -0.4 is 0 Å². The second kappa shape index (κ2) is 3.98. The van der Waals surface area contributed by atoms with Gasteiger partial charge >= 0.3 is 11.8 Å². The van der Waals surface area contributed by atoms with Gasteiger partial charge in [0.25, 0.3) is 0 Å². The lowest BCUT2D eigenvalue weighted by Gasteiger charge is -2.41. The number of carbonyl (C=O) groups is 2. The van der Waals surface area contributed by atoms with Gasteiger partial charge in [0, 0.05) is 12.0 Å². The maximum Gasteiger partial charge on any atom is 0.346 e. The lowest BCUT2D eigenvalue weighted by atomic mass is 9.90. The summed E-state index contributed by atoms with van der Waals surface area (Å²) in [6, 6.07) is -0.243. The smallest absolute Gasteiger partial charge is 0.313 e. The molecule has 0 spiro atoms. The minimum Gasteiger partial charge on any atom is -0.313 e. The van der Waals surface area contributed by atoms with Crippen LogP contribution in [0.4, 0.5) is 0 Å². The molecule has 2 heterocycles. The summed E-state index contributed by atoms with van der Waals surface area (Å²) in [6.07, 6.45) is 3.34. The van der Waals surface area contributed by atoms with Gasteiger partial charge in [-0.2, -0.15) is 9.55 Å². The third-order valence-electron chi connectivity index (χ3n) is 4.81. The molecule has 1 unspecified atom stereocenters. The van der Waals surface area contributed by atoms with Gasteiger partial charge in [0.1, 0.15) is 6.04 Å². The average Bonchev–Trinajstić information content (AvgIpc) is 2.69. The van der Waals surface area contributed by atoms with E-state index in [2.05, 4.69) is 0 Å². The number of hydrogen-bond acceptors (Lipinski definition) is 4. The molecule has 1 atom stereocenters. The van der Waals surface area contributed by atoms with Gasteiger partial charge in [0.2, 0.25) is 0 Å². The molecule has 2 aliphatic heterocycles. The number of nitrogens with zero attached hydrogens (tertiary/aromatic N) is 2. The quantitative estimate of drug-likeness (QED) is 0.608. The monoisotopic (exact) mass is 267 g/mol. The van der Waals surface area contributed by atoms with Crippen molar-refractivity contribution in [2.75, 3.05) is 6.54 Å². The van der Waals surface area contributed by atoms with Gasteiger partial charge < -0.3 is 5.21 Å². The van der Waals surface area contributed by atoms with Gasteiger partial charge in [-0.05, 0) is 34.6 Å². The number of imide groups is 1. The lowest BCUT2D eigenvalue weighted by molar-refractivity contribution is -0.802. The Labute approximate surface area is 114 Å². The molecule has 5 heteroatoms. The van der Waals surface area contributed by atoms with Crippen LogP contribution in [0, 0.1) is 0 Å². The molecule has 2 rings (SSSR count). The first kappa shape index (κ1) is 14.4. The first-order valence-corrected chi connectivity index (χ1v) is 6.75. The van der Waals surface area contributed by atoms with E-state index in [1.807, 2.05) is 34.6 Å². The summed E-state index contributed by atoms with van der Waals surface area (Å²) in [7, 11) is 0. The van der Waals surface area contributed by atoms with E-state index in [0.717, 1.165) is 0 Å². The van der Waals surface area contributed by atoms with Crippen LogP contribution in [-0.4, -0.2) is 50.2 Å². The van der Waals surface area contributed by atoms with Gasteiger partial charge in [0.15, 0.2) is 0 Å². The van der Waals surface area contributed by atoms with E-state index in [0.29, 0.717) is 13.0 Å². The van der Waals surface area contributed by atoms with Gasteiger partial charge in [-0.1, -0.05) is 0 Å². The Morgan fingerprint density at radius 1 is 1.26 bits per heavy atom. The van der Waals surface area contributed by atoms with E-state index in [4.69, 9.17) is 0 Å². The second-order valence-corrected chi connectivity index (χ2v) is 6.69. The van der Waals surface area contributed by atoms with E-state index < -0.39 is 11.1 Å². The van der Waals surface area contributed by atoms with Crippen molar-refractivity contribution < 1.29 is 19.3 Å². The van der Waals surface area contributed by atoms with Crippen LogP contribution in [-0.2, 0) is 9.59 Å². The molecular formula is C14H23N2O3+. The Morgan fingerprint density at radius 2 is 1.74 bits per heavy atom. The van der Waals surface area contributed by atoms with Crippen molar-refractivity contribution in [1.29, 1.82) is 0 Å². The Hall–Kier alpha value is -1.04.